The van der Waals surface area contributed by atoms with Gasteiger partial charge in [-0.25, -0.2) is 0 Å². The highest BCUT2D eigenvalue weighted by Crippen LogP contribution is 2.24. The van der Waals surface area contributed by atoms with Crippen molar-refractivity contribution in [2.45, 2.75) is 64.2 Å². The first-order valence-corrected chi connectivity index (χ1v) is 8.45. The highest BCUT2D eigenvalue weighted by Gasteiger charge is 2.23. The molecule has 1 N–H and O–H groups in total. The number of hydrogen-bond donors (Lipinski definition) is 1. The Kier molecular flexibility index (Phi) is 6.86. The molecular weight excluding hydrogens is 272 g/mol. The van der Waals surface area contributed by atoms with Crippen molar-refractivity contribution in [2.24, 2.45) is 0 Å². The van der Waals surface area contributed by atoms with Crippen molar-refractivity contribution in [1.82, 2.24) is 10.2 Å². The summed E-state index contributed by atoms with van der Waals surface area (Å²) in [6, 6.07) is 0.133. The molecule has 5 heteroatoms. The zero-order valence-corrected chi connectivity index (χ0v) is 14.0. The number of piperidine rings is 1. The number of nitrogens with zero attached hydrogens (tertiary/aromatic N) is 1. The van der Waals surface area contributed by atoms with Crippen LogP contribution in [0.25, 0.3) is 0 Å². The van der Waals surface area contributed by atoms with Gasteiger partial charge in [-0.15, -0.1) is 0 Å². The van der Waals surface area contributed by atoms with Crippen molar-refractivity contribution in [2.75, 3.05) is 18.8 Å². The molecule has 1 rings (SSSR count). The van der Waals surface area contributed by atoms with Crippen LogP contribution in [0.2, 0.25) is 0 Å². The van der Waals surface area contributed by atoms with Crippen LogP contribution in [0, 0.1) is 0 Å². The van der Waals surface area contributed by atoms with E-state index < -0.39 is 0 Å². The summed E-state index contributed by atoms with van der Waals surface area (Å²) in [4.78, 5) is 25.1. The molecule has 0 aromatic heterocycles. The summed E-state index contributed by atoms with van der Waals surface area (Å²) in [6.07, 6.45) is 3.51. The third-order valence-corrected chi connectivity index (χ3v) is 4.61. The lowest BCUT2D eigenvalue weighted by molar-refractivity contribution is -0.133. The molecule has 1 aliphatic rings. The second-order valence-electron chi connectivity index (χ2n) is 6.44. The number of amides is 2. The lowest BCUT2D eigenvalue weighted by Gasteiger charge is -2.33. The Hall–Kier alpha value is -0.710. The van der Waals surface area contributed by atoms with Gasteiger partial charge in [0.05, 0.1) is 0 Å². The number of rotatable bonds is 5. The van der Waals surface area contributed by atoms with Crippen LogP contribution in [-0.2, 0) is 9.59 Å². The largest absolute Gasteiger partial charge is 0.352 e. The number of carbonyl (C=O) groups excluding carboxylic acids is 2. The van der Waals surface area contributed by atoms with Gasteiger partial charge in [0.15, 0.2) is 0 Å². The Morgan fingerprint density at radius 2 is 2.05 bits per heavy atom. The quantitative estimate of drug-likeness (QED) is 0.793. The van der Waals surface area contributed by atoms with E-state index in [2.05, 4.69) is 26.1 Å². The Balaban J connectivity index is 2.27. The van der Waals surface area contributed by atoms with E-state index in [-0.39, 0.29) is 22.6 Å². The molecule has 1 fully saturated rings. The Bertz CT molecular complexity index is 339. The van der Waals surface area contributed by atoms with Crippen LogP contribution >= 0.6 is 11.8 Å². The first-order valence-electron chi connectivity index (χ1n) is 7.47. The summed E-state index contributed by atoms with van der Waals surface area (Å²) in [7, 11) is 0. The van der Waals surface area contributed by atoms with Crippen molar-refractivity contribution in [3.05, 3.63) is 0 Å². The molecule has 1 heterocycles. The molecule has 1 atom stereocenters. The fraction of sp³-hybridized carbons (Fsp3) is 0.867. The van der Waals surface area contributed by atoms with Crippen molar-refractivity contribution in [3.8, 4) is 0 Å². The summed E-state index contributed by atoms with van der Waals surface area (Å²) in [5.41, 5.74) is 0. The average molecular weight is 300 g/mol. The second-order valence-corrected chi connectivity index (χ2v) is 8.37. The Morgan fingerprint density at radius 3 is 2.65 bits per heavy atom. The van der Waals surface area contributed by atoms with Gasteiger partial charge in [-0.1, -0.05) is 20.8 Å². The highest BCUT2D eigenvalue weighted by atomic mass is 32.2. The van der Waals surface area contributed by atoms with Crippen LogP contribution in [0.4, 0.5) is 0 Å². The summed E-state index contributed by atoms with van der Waals surface area (Å²) in [6.45, 7) is 9.63. The van der Waals surface area contributed by atoms with E-state index >= 15 is 0 Å². The molecule has 0 bridgehead atoms. The van der Waals surface area contributed by atoms with E-state index in [9.17, 15) is 9.59 Å². The average Bonchev–Trinajstić information content (AvgIpc) is 2.32. The molecule has 0 spiro atoms. The van der Waals surface area contributed by atoms with Gasteiger partial charge in [-0.05, 0) is 25.0 Å². The lowest BCUT2D eigenvalue weighted by atomic mass is 10.1. The van der Waals surface area contributed by atoms with Gasteiger partial charge in [0.1, 0.15) is 0 Å². The molecule has 1 aliphatic heterocycles. The van der Waals surface area contributed by atoms with Gasteiger partial charge in [-0.3, -0.25) is 9.59 Å². The van der Waals surface area contributed by atoms with E-state index in [4.69, 9.17) is 0 Å². The van der Waals surface area contributed by atoms with Crippen LogP contribution < -0.4 is 5.32 Å². The first-order chi connectivity index (χ1) is 9.28. The van der Waals surface area contributed by atoms with E-state index in [0.29, 0.717) is 13.0 Å². The van der Waals surface area contributed by atoms with Crippen molar-refractivity contribution >= 4 is 23.6 Å². The Morgan fingerprint density at radius 1 is 1.35 bits per heavy atom. The molecule has 2 amide bonds. The van der Waals surface area contributed by atoms with Crippen LogP contribution in [0.15, 0.2) is 0 Å². The number of carbonyl (C=O) groups is 2. The van der Waals surface area contributed by atoms with Gasteiger partial charge in [-0.2, -0.15) is 11.8 Å². The number of thioether (sulfide) groups is 1. The summed E-state index contributed by atoms with van der Waals surface area (Å²) in [5, 5.41) is 2.92. The summed E-state index contributed by atoms with van der Waals surface area (Å²) >= 11 is 1.90. The summed E-state index contributed by atoms with van der Waals surface area (Å²) in [5.74, 6) is 1.25. The van der Waals surface area contributed by atoms with Crippen LogP contribution in [-0.4, -0.2) is 46.3 Å². The molecule has 116 valence electrons. The van der Waals surface area contributed by atoms with E-state index in [0.717, 1.165) is 31.6 Å². The topological polar surface area (TPSA) is 49.4 Å². The molecular formula is C15H28N2O2S. The molecule has 0 radical (unpaired) electrons. The zero-order chi connectivity index (χ0) is 15.2. The van der Waals surface area contributed by atoms with Crippen LogP contribution in [0.3, 0.4) is 0 Å². The smallest absolute Gasteiger partial charge is 0.222 e. The molecule has 0 aromatic rings. The van der Waals surface area contributed by atoms with Gasteiger partial charge >= 0.3 is 0 Å². The molecule has 0 unspecified atom stereocenters. The standard InChI is InChI=1S/C15H28N2O2S/c1-12(18)16-13-7-5-9-17(11-13)14(19)8-6-10-20-15(2,3)4/h13H,5-11H2,1-4H3,(H,16,18)/t13-/m1/s1. The zero-order valence-electron chi connectivity index (χ0n) is 13.2. The fourth-order valence-corrected chi connectivity index (χ4v) is 3.27. The van der Waals surface area contributed by atoms with E-state index in [1.807, 2.05) is 16.7 Å². The minimum atomic E-state index is -0.00845. The maximum atomic E-state index is 12.2. The Labute approximate surface area is 127 Å². The molecule has 1 saturated heterocycles. The number of nitrogens with one attached hydrogen (secondary N) is 1. The number of hydrogen-bond acceptors (Lipinski definition) is 3. The predicted molar refractivity (Wildman–Crippen MR) is 84.9 cm³/mol. The lowest BCUT2D eigenvalue weighted by Crippen LogP contribution is -2.49. The normalized spacial score (nSPS) is 19.8. The molecule has 0 aromatic carbocycles. The highest BCUT2D eigenvalue weighted by molar-refractivity contribution is 8.00. The van der Waals surface area contributed by atoms with Crippen LogP contribution in [0.5, 0.6) is 0 Å². The third kappa shape index (κ3) is 7.17. The predicted octanol–water partition coefficient (Wildman–Crippen LogP) is 2.43. The van der Waals surface area contributed by atoms with Gasteiger partial charge in [0.25, 0.3) is 0 Å². The third-order valence-electron chi connectivity index (χ3n) is 3.25. The van der Waals surface area contributed by atoms with Gasteiger partial charge in [0.2, 0.25) is 11.8 Å². The summed E-state index contributed by atoms with van der Waals surface area (Å²) < 4.78 is 0.269. The van der Waals surface area contributed by atoms with Crippen LogP contribution in [0.1, 0.15) is 53.4 Å². The second kappa shape index (κ2) is 7.91. The molecule has 0 saturated carbocycles. The maximum absolute atomic E-state index is 12.2. The molecule has 20 heavy (non-hydrogen) atoms. The van der Waals surface area contributed by atoms with Crippen molar-refractivity contribution < 1.29 is 9.59 Å². The minimum Gasteiger partial charge on any atom is -0.352 e. The number of likely N-dealkylation sites (tertiary alicyclic amines) is 1. The minimum absolute atomic E-state index is 0.00845. The fourth-order valence-electron chi connectivity index (χ4n) is 2.37. The maximum Gasteiger partial charge on any atom is 0.222 e. The molecule has 4 nitrogen and oxygen atoms in total. The monoisotopic (exact) mass is 300 g/mol. The van der Waals surface area contributed by atoms with Crippen molar-refractivity contribution in [3.63, 3.8) is 0 Å². The van der Waals surface area contributed by atoms with Gasteiger partial charge < -0.3 is 10.2 Å². The van der Waals surface area contributed by atoms with E-state index in [1.165, 1.54) is 6.92 Å². The van der Waals surface area contributed by atoms with E-state index in [1.54, 1.807) is 0 Å². The molecule has 0 aliphatic carbocycles. The SMILES string of the molecule is CC(=O)N[C@@H]1CCCN(C(=O)CCCSC(C)(C)C)C1. The van der Waals surface area contributed by atoms with Gasteiger partial charge in [0, 0.05) is 37.2 Å². The van der Waals surface area contributed by atoms with Crippen molar-refractivity contribution in [1.29, 1.82) is 0 Å². The first kappa shape index (κ1) is 17.3.